The van der Waals surface area contributed by atoms with Crippen LogP contribution < -0.4 is 14.5 Å². The molecule has 8 nitrogen and oxygen atoms in total. The van der Waals surface area contributed by atoms with Gasteiger partial charge in [0.2, 0.25) is 0 Å². The number of fused-ring (bicyclic) bond motifs is 2. The van der Waals surface area contributed by atoms with E-state index in [0.717, 1.165) is 57.0 Å². The number of halogens is 1. The highest BCUT2D eigenvalue weighted by atomic mass is 19.1. The molecule has 2 aliphatic heterocycles. The van der Waals surface area contributed by atoms with E-state index in [1.54, 1.807) is 6.08 Å². The molecule has 1 saturated carbocycles. The van der Waals surface area contributed by atoms with Gasteiger partial charge in [-0.15, -0.1) is 0 Å². The average molecular weight is 598 g/mol. The van der Waals surface area contributed by atoms with E-state index >= 15 is 0 Å². The minimum absolute atomic E-state index is 0.0431. The second-order valence-electron chi connectivity index (χ2n) is 13.0. The number of benzene rings is 2. The van der Waals surface area contributed by atoms with Crippen molar-refractivity contribution in [2.24, 2.45) is 5.41 Å². The van der Waals surface area contributed by atoms with Gasteiger partial charge in [-0.05, 0) is 57.3 Å². The van der Waals surface area contributed by atoms with Crippen LogP contribution in [0.25, 0.3) is 10.8 Å². The predicted octanol–water partition coefficient (Wildman–Crippen LogP) is 5.15. The smallest absolute Gasteiger partial charge is 0.318 e. The maximum absolute atomic E-state index is 12.7. The summed E-state index contributed by atoms with van der Waals surface area (Å²) in [6.07, 6.45) is 6.98. The van der Waals surface area contributed by atoms with Crippen LogP contribution in [0.2, 0.25) is 0 Å². The van der Waals surface area contributed by atoms with Gasteiger partial charge in [-0.3, -0.25) is 4.90 Å². The third-order valence-electron chi connectivity index (χ3n) is 9.40. The highest BCUT2D eigenvalue weighted by Crippen LogP contribution is 2.46. The summed E-state index contributed by atoms with van der Waals surface area (Å²) < 4.78 is 19.1. The van der Waals surface area contributed by atoms with Crippen molar-refractivity contribution < 1.29 is 9.13 Å². The molecule has 3 aromatic rings. The van der Waals surface area contributed by atoms with Crippen molar-refractivity contribution in [3.05, 3.63) is 65.4 Å². The van der Waals surface area contributed by atoms with Gasteiger partial charge in [-0.2, -0.15) is 15.2 Å². The summed E-state index contributed by atoms with van der Waals surface area (Å²) in [5.74, 6) is 0.943. The van der Waals surface area contributed by atoms with Gasteiger partial charge in [0.15, 0.2) is 0 Å². The van der Waals surface area contributed by atoms with Crippen LogP contribution in [-0.2, 0) is 13.0 Å². The zero-order valence-corrected chi connectivity index (χ0v) is 26.3. The Bertz CT molecular complexity index is 1540. The first kappa shape index (κ1) is 30.3. The normalized spacial score (nSPS) is 19.9. The molecule has 0 N–H and O–H groups in total. The summed E-state index contributed by atoms with van der Waals surface area (Å²) in [6, 6.07) is 15.9. The van der Waals surface area contributed by atoms with Gasteiger partial charge in [0.05, 0.1) is 31.3 Å². The maximum Gasteiger partial charge on any atom is 0.318 e. The lowest BCUT2D eigenvalue weighted by atomic mass is 9.99. The monoisotopic (exact) mass is 597 g/mol. The van der Waals surface area contributed by atoms with Gasteiger partial charge in [0.1, 0.15) is 12.5 Å². The van der Waals surface area contributed by atoms with Crippen molar-refractivity contribution in [1.29, 1.82) is 5.26 Å². The Hall–Kier alpha value is -3.74. The maximum atomic E-state index is 12.7. The number of hydrogen-bond donors (Lipinski definition) is 0. The van der Waals surface area contributed by atoms with E-state index in [9.17, 15) is 9.65 Å². The molecule has 2 aromatic carbocycles. The molecule has 0 unspecified atom stereocenters. The van der Waals surface area contributed by atoms with Crippen LogP contribution in [-0.4, -0.2) is 92.5 Å². The van der Waals surface area contributed by atoms with Gasteiger partial charge >= 0.3 is 6.01 Å². The third kappa shape index (κ3) is 6.52. The highest BCUT2D eigenvalue weighted by molar-refractivity contribution is 5.97. The van der Waals surface area contributed by atoms with Crippen LogP contribution in [0.3, 0.4) is 0 Å². The lowest BCUT2D eigenvalue weighted by Crippen LogP contribution is -2.53. The number of nitriles is 1. The zero-order chi connectivity index (χ0) is 30.7. The molecule has 44 heavy (non-hydrogen) atoms. The van der Waals surface area contributed by atoms with Crippen molar-refractivity contribution in [2.45, 2.75) is 45.2 Å². The fourth-order valence-electron chi connectivity index (χ4n) is 7.00. The van der Waals surface area contributed by atoms with Crippen LogP contribution in [0, 0.1) is 23.7 Å². The van der Waals surface area contributed by atoms with Crippen molar-refractivity contribution >= 4 is 22.3 Å². The lowest BCUT2D eigenvalue weighted by molar-refractivity contribution is 0.181. The van der Waals surface area contributed by atoms with Crippen molar-refractivity contribution in [3.63, 3.8) is 0 Å². The van der Waals surface area contributed by atoms with E-state index < -0.39 is 6.67 Å². The molecule has 2 fully saturated rings. The number of nitrogens with zero attached hydrogens (tertiary/aromatic N) is 7. The second kappa shape index (κ2) is 13.1. The summed E-state index contributed by atoms with van der Waals surface area (Å²) in [4.78, 5) is 19.4. The molecular formula is C35H44FN7O. The molecule has 1 aromatic heterocycles. The fraction of sp³-hybridized carbons (Fsp3) is 0.514. The molecule has 0 spiro atoms. The van der Waals surface area contributed by atoms with E-state index in [1.165, 1.54) is 27.6 Å². The Morgan fingerprint density at radius 3 is 2.66 bits per heavy atom. The quantitative estimate of drug-likeness (QED) is 0.281. The van der Waals surface area contributed by atoms with Crippen molar-refractivity contribution in [2.75, 3.05) is 76.4 Å². The number of aromatic nitrogens is 2. The second-order valence-corrected chi connectivity index (χ2v) is 13.0. The minimum atomic E-state index is -0.468. The molecule has 6 rings (SSSR count). The van der Waals surface area contributed by atoms with Crippen LogP contribution in [0.1, 0.15) is 36.1 Å². The molecule has 3 heterocycles. The number of rotatable bonds is 11. The molecule has 1 atom stereocenters. The summed E-state index contributed by atoms with van der Waals surface area (Å²) in [7, 11) is 4.23. The number of aryl methyl sites for hydroxylation is 1. The summed E-state index contributed by atoms with van der Waals surface area (Å²) >= 11 is 0. The molecule has 1 saturated heterocycles. The Balaban J connectivity index is 1.31. The molecule has 9 heteroatoms. The Labute approximate surface area is 260 Å². The van der Waals surface area contributed by atoms with E-state index in [1.807, 2.05) is 6.08 Å². The summed E-state index contributed by atoms with van der Waals surface area (Å²) in [5, 5.41) is 12.2. The standard InChI is InChI=1S/C35H44FN7O/c1-26-8-6-9-27-10-7-11-31(32(26)27)42-19-13-29-30(23-42)38-34(44-25-35(14-15-35)24-40(2)3)39-33(29)43-21-20-41(18-5-4-16-36)28(22-43)12-17-37/h4-11,28H,12-16,18-25H2,1-3H3/b5-4+/t28-/m0/s1. The Morgan fingerprint density at radius 1 is 1.09 bits per heavy atom. The first-order valence-corrected chi connectivity index (χ1v) is 15.9. The fourth-order valence-corrected chi connectivity index (χ4v) is 7.00. The minimum Gasteiger partial charge on any atom is -0.463 e. The SMILES string of the molecule is Cc1cccc2cccc(N3CCc4c(nc(OCC5(CN(C)C)CC5)nc4N4CCN(C/C=C/CF)[C@@H](CC#N)C4)C3)c12. The van der Waals surface area contributed by atoms with Crippen molar-refractivity contribution in [3.8, 4) is 12.1 Å². The lowest BCUT2D eigenvalue weighted by Gasteiger charge is -2.42. The third-order valence-corrected chi connectivity index (χ3v) is 9.40. The topological polar surface area (TPSA) is 71.8 Å². The van der Waals surface area contributed by atoms with E-state index in [0.29, 0.717) is 38.7 Å². The first-order valence-electron chi connectivity index (χ1n) is 15.9. The first-order chi connectivity index (χ1) is 21.4. The molecule has 0 amide bonds. The Morgan fingerprint density at radius 2 is 1.91 bits per heavy atom. The predicted molar refractivity (Wildman–Crippen MR) is 174 cm³/mol. The number of ether oxygens (including phenoxy) is 1. The van der Waals surface area contributed by atoms with Gasteiger partial charge in [-0.1, -0.05) is 42.5 Å². The van der Waals surface area contributed by atoms with Gasteiger partial charge < -0.3 is 19.4 Å². The van der Waals surface area contributed by atoms with Crippen molar-refractivity contribution in [1.82, 2.24) is 19.8 Å². The summed E-state index contributed by atoms with van der Waals surface area (Å²) in [6.45, 7) is 7.79. The Kier molecular flexibility index (Phi) is 9.01. The number of hydrogen-bond acceptors (Lipinski definition) is 8. The molecule has 0 radical (unpaired) electrons. The van der Waals surface area contributed by atoms with Crippen LogP contribution in [0.5, 0.6) is 6.01 Å². The van der Waals surface area contributed by atoms with Crippen LogP contribution >= 0.6 is 0 Å². The number of alkyl halides is 1. The van der Waals surface area contributed by atoms with E-state index in [2.05, 4.69) is 83.1 Å². The number of allylic oxidation sites excluding steroid dienone is 1. The van der Waals surface area contributed by atoms with Gasteiger partial charge in [0, 0.05) is 67.4 Å². The number of piperazine rings is 1. The molecule has 3 aliphatic rings. The highest BCUT2D eigenvalue weighted by Gasteiger charge is 2.44. The molecular weight excluding hydrogens is 553 g/mol. The molecule has 0 bridgehead atoms. The van der Waals surface area contributed by atoms with Crippen LogP contribution in [0.15, 0.2) is 48.6 Å². The average Bonchev–Trinajstić information content (AvgIpc) is 3.78. The number of anilines is 2. The zero-order valence-electron chi connectivity index (χ0n) is 26.3. The van der Waals surface area contributed by atoms with E-state index in [4.69, 9.17) is 14.7 Å². The molecule has 1 aliphatic carbocycles. The van der Waals surface area contributed by atoms with Gasteiger partial charge in [-0.25, -0.2) is 4.39 Å². The summed E-state index contributed by atoms with van der Waals surface area (Å²) in [5.41, 5.74) is 4.88. The van der Waals surface area contributed by atoms with Gasteiger partial charge in [0.25, 0.3) is 0 Å². The van der Waals surface area contributed by atoms with E-state index in [-0.39, 0.29) is 11.5 Å². The largest absolute Gasteiger partial charge is 0.463 e. The molecule has 232 valence electrons. The van der Waals surface area contributed by atoms with Crippen LogP contribution in [0.4, 0.5) is 15.9 Å².